The lowest BCUT2D eigenvalue weighted by atomic mass is 10.1. The van der Waals surface area contributed by atoms with E-state index in [0.29, 0.717) is 13.0 Å². The fraction of sp³-hybridized carbons (Fsp3) is 0.474. The third-order valence-electron chi connectivity index (χ3n) is 4.87. The first-order valence-corrected chi connectivity index (χ1v) is 11.8. The van der Waals surface area contributed by atoms with Gasteiger partial charge in [-0.15, -0.1) is 0 Å². The summed E-state index contributed by atoms with van der Waals surface area (Å²) in [5.41, 5.74) is 3.35. The van der Waals surface area contributed by atoms with E-state index in [-0.39, 0.29) is 29.2 Å². The van der Waals surface area contributed by atoms with Gasteiger partial charge in [0.2, 0.25) is 5.91 Å². The molecule has 8 heteroatoms. The Hall–Kier alpha value is -1.80. The van der Waals surface area contributed by atoms with Crippen LogP contribution in [0.1, 0.15) is 24.5 Å². The summed E-state index contributed by atoms with van der Waals surface area (Å²) >= 11 is 1.38. The standard InChI is InChI=1S/C19H25N3O3S2/c1-4-21(16-7-10-27(24,25)13-16)18(23)12-26-19-20-8-9-22(19)17-11-14(2)5-6-15(17)3/h5-6,8-9,11,16H,4,7,10,12-13H2,1-3H3. The van der Waals surface area contributed by atoms with Crippen LogP contribution in [-0.4, -0.2) is 58.6 Å². The van der Waals surface area contributed by atoms with Crippen LogP contribution in [0.25, 0.3) is 5.69 Å². The second-order valence-electron chi connectivity index (χ2n) is 6.90. The zero-order valence-electron chi connectivity index (χ0n) is 15.9. The molecule has 1 aromatic heterocycles. The van der Waals surface area contributed by atoms with Gasteiger partial charge in [0.1, 0.15) is 0 Å². The highest BCUT2D eigenvalue weighted by Gasteiger charge is 2.33. The molecule has 0 aliphatic carbocycles. The topological polar surface area (TPSA) is 72.3 Å². The van der Waals surface area contributed by atoms with Crippen LogP contribution >= 0.6 is 11.8 Å². The first kappa shape index (κ1) is 19.9. The van der Waals surface area contributed by atoms with Crippen LogP contribution in [0, 0.1) is 13.8 Å². The van der Waals surface area contributed by atoms with Gasteiger partial charge in [0.15, 0.2) is 15.0 Å². The number of hydrogen-bond donors (Lipinski definition) is 0. The summed E-state index contributed by atoms with van der Waals surface area (Å²) in [5, 5.41) is 0.757. The van der Waals surface area contributed by atoms with E-state index in [1.54, 1.807) is 11.1 Å². The predicted molar refractivity (Wildman–Crippen MR) is 108 cm³/mol. The maximum Gasteiger partial charge on any atom is 0.233 e. The van der Waals surface area contributed by atoms with E-state index >= 15 is 0 Å². The van der Waals surface area contributed by atoms with Crippen molar-refractivity contribution in [2.45, 2.75) is 38.4 Å². The molecular formula is C19H25N3O3S2. The number of rotatable bonds is 6. The number of aryl methyl sites for hydroxylation is 2. The van der Waals surface area contributed by atoms with Crippen LogP contribution in [0.5, 0.6) is 0 Å². The van der Waals surface area contributed by atoms with Gasteiger partial charge in [-0.25, -0.2) is 13.4 Å². The number of amides is 1. The summed E-state index contributed by atoms with van der Waals surface area (Å²) in [6, 6.07) is 6.04. The Morgan fingerprint density at radius 2 is 2.15 bits per heavy atom. The van der Waals surface area contributed by atoms with E-state index in [1.807, 2.05) is 31.5 Å². The SMILES string of the molecule is CCN(C(=O)CSc1nccn1-c1cc(C)ccc1C)C1CCS(=O)(=O)C1. The van der Waals surface area contributed by atoms with E-state index in [9.17, 15) is 13.2 Å². The molecule has 3 rings (SSSR count). The number of carbonyl (C=O) groups is 1. The van der Waals surface area contributed by atoms with Crippen molar-refractivity contribution in [1.29, 1.82) is 0 Å². The largest absolute Gasteiger partial charge is 0.338 e. The highest BCUT2D eigenvalue weighted by molar-refractivity contribution is 7.99. The minimum atomic E-state index is -3.01. The number of thioether (sulfide) groups is 1. The molecule has 1 amide bonds. The number of hydrogen-bond acceptors (Lipinski definition) is 5. The van der Waals surface area contributed by atoms with Crippen LogP contribution < -0.4 is 0 Å². The summed E-state index contributed by atoms with van der Waals surface area (Å²) in [4.78, 5) is 18.8. The Labute approximate surface area is 164 Å². The Bertz CT molecular complexity index is 937. The fourth-order valence-electron chi connectivity index (χ4n) is 3.43. The summed E-state index contributed by atoms with van der Waals surface area (Å²) in [5.74, 6) is 0.451. The van der Waals surface area contributed by atoms with Gasteiger partial charge in [-0.2, -0.15) is 0 Å². The molecule has 0 N–H and O–H groups in total. The lowest BCUT2D eigenvalue weighted by Gasteiger charge is -2.26. The summed E-state index contributed by atoms with van der Waals surface area (Å²) in [6.07, 6.45) is 4.16. The molecule has 0 spiro atoms. The first-order chi connectivity index (χ1) is 12.8. The van der Waals surface area contributed by atoms with Gasteiger partial charge in [-0.05, 0) is 44.4 Å². The Morgan fingerprint density at radius 3 is 2.81 bits per heavy atom. The molecule has 0 bridgehead atoms. The van der Waals surface area contributed by atoms with Gasteiger partial charge in [0.05, 0.1) is 22.9 Å². The Kier molecular flexibility index (Phi) is 5.95. The van der Waals surface area contributed by atoms with E-state index < -0.39 is 9.84 Å². The van der Waals surface area contributed by atoms with Crippen LogP contribution in [0.3, 0.4) is 0 Å². The number of aromatic nitrogens is 2. The number of benzene rings is 1. The van der Waals surface area contributed by atoms with E-state index in [0.717, 1.165) is 22.0 Å². The smallest absolute Gasteiger partial charge is 0.233 e. The first-order valence-electron chi connectivity index (χ1n) is 9.04. The second-order valence-corrected chi connectivity index (χ2v) is 10.1. The molecule has 1 unspecified atom stereocenters. The molecule has 1 aromatic carbocycles. The minimum absolute atomic E-state index is 0.0416. The van der Waals surface area contributed by atoms with Crippen LogP contribution in [-0.2, 0) is 14.6 Å². The molecule has 1 atom stereocenters. The molecule has 27 heavy (non-hydrogen) atoms. The van der Waals surface area contributed by atoms with E-state index in [2.05, 4.69) is 23.2 Å². The Balaban J connectivity index is 1.71. The molecule has 2 aromatic rings. The summed E-state index contributed by atoms with van der Waals surface area (Å²) in [7, 11) is -3.01. The normalized spacial score (nSPS) is 18.6. The molecule has 146 valence electrons. The zero-order chi connectivity index (χ0) is 19.6. The Morgan fingerprint density at radius 1 is 1.37 bits per heavy atom. The van der Waals surface area contributed by atoms with Gasteiger partial charge in [0, 0.05) is 25.0 Å². The molecule has 1 fully saturated rings. The van der Waals surface area contributed by atoms with Crippen molar-refractivity contribution < 1.29 is 13.2 Å². The van der Waals surface area contributed by atoms with Crippen molar-refractivity contribution in [2.24, 2.45) is 0 Å². The molecule has 0 radical (unpaired) electrons. The highest BCUT2D eigenvalue weighted by Crippen LogP contribution is 2.25. The van der Waals surface area contributed by atoms with Crippen molar-refractivity contribution >= 4 is 27.5 Å². The number of sulfone groups is 1. The molecule has 1 saturated heterocycles. The monoisotopic (exact) mass is 407 g/mol. The van der Waals surface area contributed by atoms with E-state index in [4.69, 9.17) is 0 Å². The minimum Gasteiger partial charge on any atom is -0.338 e. The number of nitrogens with zero attached hydrogens (tertiary/aromatic N) is 3. The average Bonchev–Trinajstić information content (AvgIpc) is 3.22. The van der Waals surface area contributed by atoms with Gasteiger partial charge in [0.25, 0.3) is 0 Å². The van der Waals surface area contributed by atoms with Crippen molar-refractivity contribution in [2.75, 3.05) is 23.8 Å². The molecular weight excluding hydrogens is 382 g/mol. The molecule has 0 saturated carbocycles. The lowest BCUT2D eigenvalue weighted by molar-refractivity contribution is -0.129. The van der Waals surface area contributed by atoms with Crippen molar-refractivity contribution in [3.63, 3.8) is 0 Å². The van der Waals surface area contributed by atoms with Gasteiger partial charge in [-0.3, -0.25) is 9.36 Å². The van der Waals surface area contributed by atoms with Crippen LogP contribution in [0.4, 0.5) is 0 Å². The van der Waals surface area contributed by atoms with Gasteiger partial charge < -0.3 is 4.90 Å². The summed E-state index contributed by atoms with van der Waals surface area (Å²) in [6.45, 7) is 6.51. The number of carbonyl (C=O) groups excluding carboxylic acids is 1. The number of imidazole rings is 1. The van der Waals surface area contributed by atoms with Crippen LogP contribution in [0.15, 0.2) is 35.7 Å². The van der Waals surface area contributed by atoms with Crippen molar-refractivity contribution in [1.82, 2.24) is 14.5 Å². The average molecular weight is 408 g/mol. The second kappa shape index (κ2) is 8.06. The highest BCUT2D eigenvalue weighted by atomic mass is 32.2. The third-order valence-corrected chi connectivity index (χ3v) is 7.57. The molecule has 6 nitrogen and oxygen atoms in total. The predicted octanol–water partition coefficient (Wildman–Crippen LogP) is 2.62. The third kappa shape index (κ3) is 4.55. The fourth-order valence-corrected chi connectivity index (χ4v) is 6.01. The molecule has 1 aliphatic rings. The molecule has 1 aliphatic heterocycles. The van der Waals surface area contributed by atoms with Crippen LogP contribution in [0.2, 0.25) is 0 Å². The maximum absolute atomic E-state index is 12.7. The summed E-state index contributed by atoms with van der Waals surface area (Å²) < 4.78 is 25.5. The zero-order valence-corrected chi connectivity index (χ0v) is 17.5. The van der Waals surface area contributed by atoms with Gasteiger partial charge in [-0.1, -0.05) is 23.9 Å². The van der Waals surface area contributed by atoms with Crippen molar-refractivity contribution in [3.8, 4) is 5.69 Å². The molecule has 2 heterocycles. The lowest BCUT2D eigenvalue weighted by Crippen LogP contribution is -2.42. The quantitative estimate of drug-likeness (QED) is 0.689. The van der Waals surface area contributed by atoms with Gasteiger partial charge >= 0.3 is 0 Å². The van der Waals surface area contributed by atoms with Crippen molar-refractivity contribution in [3.05, 3.63) is 41.7 Å². The van der Waals surface area contributed by atoms with E-state index in [1.165, 1.54) is 11.8 Å². The maximum atomic E-state index is 12.7.